The van der Waals surface area contributed by atoms with Crippen LogP contribution in [-0.4, -0.2) is 47.4 Å². The summed E-state index contributed by atoms with van der Waals surface area (Å²) >= 11 is 0. The minimum Gasteiger partial charge on any atom is -0.466 e. The van der Waals surface area contributed by atoms with Gasteiger partial charge < -0.3 is 20.3 Å². The van der Waals surface area contributed by atoms with Crippen molar-refractivity contribution in [2.75, 3.05) is 13.2 Å². The van der Waals surface area contributed by atoms with E-state index in [0.29, 0.717) is 25.9 Å². The number of carbonyl (C=O) groups excluding carboxylic acids is 2. The highest BCUT2D eigenvalue weighted by Gasteiger charge is 2.20. The van der Waals surface area contributed by atoms with Crippen LogP contribution < -0.4 is 5.32 Å². The van der Waals surface area contributed by atoms with Gasteiger partial charge in [-0.2, -0.15) is 0 Å². The predicted octanol–water partition coefficient (Wildman–Crippen LogP) is 25.1. The number of nitrogens with one attached hydrogen (secondary N) is 1. The first-order valence-corrected chi connectivity index (χ1v) is 38.4. The molecule has 6 heteroatoms. The van der Waals surface area contributed by atoms with Crippen molar-refractivity contribution >= 4 is 11.9 Å². The first kappa shape index (κ1) is 81.6. The molecular weight excluding hydrogens is 1020 g/mol. The first-order chi connectivity index (χ1) is 41.0. The van der Waals surface area contributed by atoms with Gasteiger partial charge >= 0.3 is 5.97 Å². The van der Waals surface area contributed by atoms with E-state index in [4.69, 9.17) is 4.74 Å². The molecule has 3 N–H and O–H groups in total. The smallest absolute Gasteiger partial charge is 0.305 e. The quantitative estimate of drug-likeness (QED) is 0.0320. The molecule has 0 heterocycles. The lowest BCUT2D eigenvalue weighted by Gasteiger charge is -2.22. The third-order valence-corrected chi connectivity index (χ3v) is 18.3. The number of allylic oxidation sites excluding steroid dienone is 2. The molecule has 0 aromatic carbocycles. The standard InChI is InChI=1S/C77H151NO5/c1-3-5-7-9-11-13-15-17-18-19-20-34-37-40-43-46-49-53-57-61-65-69-75(80)74(73-79)78-76(81)70-66-62-58-54-50-47-44-41-38-35-32-30-28-26-24-22-21-23-25-27-29-31-33-36-39-42-45-48-52-56-60-64-68-72-83-77(82)71-67-63-59-55-51-16-14-12-10-8-6-4-2/h12,14,74-75,79-80H,3-11,13,15-73H2,1-2H3,(H,78,81)/b14-12-. The summed E-state index contributed by atoms with van der Waals surface area (Å²) in [6.45, 7) is 4.98. The zero-order valence-corrected chi connectivity index (χ0v) is 56.7. The first-order valence-electron chi connectivity index (χ1n) is 38.4. The van der Waals surface area contributed by atoms with Crippen molar-refractivity contribution < 1.29 is 24.5 Å². The second kappa shape index (κ2) is 73.1. The van der Waals surface area contributed by atoms with Crippen LogP contribution in [0.5, 0.6) is 0 Å². The van der Waals surface area contributed by atoms with Gasteiger partial charge in [-0.25, -0.2) is 0 Å². The number of amides is 1. The molecule has 0 fully saturated rings. The van der Waals surface area contributed by atoms with Crippen LogP contribution in [0.25, 0.3) is 0 Å². The van der Waals surface area contributed by atoms with Crippen molar-refractivity contribution in [3.63, 3.8) is 0 Å². The molecular formula is C77H151NO5. The van der Waals surface area contributed by atoms with Gasteiger partial charge in [0.2, 0.25) is 5.91 Å². The van der Waals surface area contributed by atoms with Crippen LogP contribution in [0.2, 0.25) is 0 Å². The fourth-order valence-electron chi connectivity index (χ4n) is 12.5. The topological polar surface area (TPSA) is 95.9 Å². The van der Waals surface area contributed by atoms with Gasteiger partial charge in [-0.05, 0) is 51.4 Å². The zero-order valence-electron chi connectivity index (χ0n) is 56.7. The third kappa shape index (κ3) is 69.6. The van der Waals surface area contributed by atoms with E-state index in [1.807, 2.05) is 0 Å². The molecule has 0 aromatic rings. The molecule has 0 bridgehead atoms. The molecule has 0 aliphatic heterocycles. The molecule has 0 aliphatic rings. The number of unbranched alkanes of at least 4 members (excludes halogenated alkanes) is 60. The number of hydrogen-bond acceptors (Lipinski definition) is 5. The maximum Gasteiger partial charge on any atom is 0.305 e. The van der Waals surface area contributed by atoms with Gasteiger partial charge in [-0.1, -0.05) is 392 Å². The lowest BCUT2D eigenvalue weighted by molar-refractivity contribution is -0.143. The molecule has 2 atom stereocenters. The Morgan fingerprint density at radius 3 is 0.880 bits per heavy atom. The lowest BCUT2D eigenvalue weighted by atomic mass is 10.0. The summed E-state index contributed by atoms with van der Waals surface area (Å²) in [5.41, 5.74) is 0. The summed E-state index contributed by atoms with van der Waals surface area (Å²) in [6, 6.07) is -0.538. The highest BCUT2D eigenvalue weighted by Crippen LogP contribution is 2.20. The van der Waals surface area contributed by atoms with Crippen molar-refractivity contribution in [1.82, 2.24) is 5.32 Å². The van der Waals surface area contributed by atoms with Gasteiger partial charge in [-0.3, -0.25) is 9.59 Å². The van der Waals surface area contributed by atoms with E-state index in [2.05, 4.69) is 31.3 Å². The normalized spacial score (nSPS) is 12.5. The van der Waals surface area contributed by atoms with Crippen molar-refractivity contribution in [2.24, 2.45) is 0 Å². The summed E-state index contributed by atoms with van der Waals surface area (Å²) in [6.07, 6.45) is 91.5. The van der Waals surface area contributed by atoms with Gasteiger partial charge in [0.05, 0.1) is 25.4 Å². The van der Waals surface area contributed by atoms with Crippen molar-refractivity contribution in [1.29, 1.82) is 0 Å². The number of hydrogen-bond donors (Lipinski definition) is 3. The molecule has 0 radical (unpaired) electrons. The lowest BCUT2D eigenvalue weighted by Crippen LogP contribution is -2.45. The van der Waals surface area contributed by atoms with E-state index in [1.165, 1.54) is 366 Å². The number of esters is 1. The summed E-state index contributed by atoms with van der Waals surface area (Å²) in [5, 5.41) is 23.4. The molecule has 0 saturated heterocycles. The maximum atomic E-state index is 12.6. The minimum atomic E-state index is -0.661. The number of aliphatic hydroxyl groups is 2. The Bertz CT molecular complexity index is 1260. The zero-order chi connectivity index (χ0) is 59.9. The van der Waals surface area contributed by atoms with Crippen LogP contribution in [0.3, 0.4) is 0 Å². The molecule has 0 aliphatic carbocycles. The van der Waals surface area contributed by atoms with Gasteiger partial charge in [0.15, 0.2) is 0 Å². The van der Waals surface area contributed by atoms with E-state index in [1.54, 1.807) is 0 Å². The number of ether oxygens (including phenoxy) is 1. The van der Waals surface area contributed by atoms with Crippen LogP contribution in [0.1, 0.15) is 444 Å². The average Bonchev–Trinajstić information content (AvgIpc) is 3.49. The Kier molecular flexibility index (Phi) is 71.8. The van der Waals surface area contributed by atoms with Crippen LogP contribution >= 0.6 is 0 Å². The Morgan fingerprint density at radius 1 is 0.325 bits per heavy atom. The van der Waals surface area contributed by atoms with E-state index >= 15 is 0 Å². The predicted molar refractivity (Wildman–Crippen MR) is 366 cm³/mol. The average molecular weight is 1170 g/mol. The van der Waals surface area contributed by atoms with Crippen molar-refractivity contribution in [3.8, 4) is 0 Å². The second-order valence-corrected chi connectivity index (χ2v) is 26.7. The van der Waals surface area contributed by atoms with Gasteiger partial charge in [0.25, 0.3) is 0 Å². The second-order valence-electron chi connectivity index (χ2n) is 26.7. The van der Waals surface area contributed by atoms with Crippen LogP contribution in [0.15, 0.2) is 12.2 Å². The third-order valence-electron chi connectivity index (χ3n) is 18.3. The van der Waals surface area contributed by atoms with E-state index in [0.717, 1.165) is 44.9 Å². The summed E-state index contributed by atoms with van der Waals surface area (Å²) in [4.78, 5) is 24.6. The molecule has 0 spiro atoms. The molecule has 1 amide bonds. The van der Waals surface area contributed by atoms with E-state index in [-0.39, 0.29) is 18.5 Å². The molecule has 0 aromatic heterocycles. The maximum absolute atomic E-state index is 12.6. The summed E-state index contributed by atoms with van der Waals surface area (Å²) < 4.78 is 5.48. The Hall–Kier alpha value is -1.40. The van der Waals surface area contributed by atoms with Gasteiger partial charge in [-0.15, -0.1) is 0 Å². The van der Waals surface area contributed by atoms with Crippen LogP contribution in [0.4, 0.5) is 0 Å². The van der Waals surface area contributed by atoms with Gasteiger partial charge in [0.1, 0.15) is 0 Å². The van der Waals surface area contributed by atoms with Crippen LogP contribution in [-0.2, 0) is 14.3 Å². The molecule has 0 rings (SSSR count). The summed E-state index contributed by atoms with van der Waals surface area (Å²) in [7, 11) is 0. The monoisotopic (exact) mass is 1170 g/mol. The highest BCUT2D eigenvalue weighted by molar-refractivity contribution is 5.76. The van der Waals surface area contributed by atoms with E-state index in [9.17, 15) is 19.8 Å². The molecule has 6 nitrogen and oxygen atoms in total. The van der Waals surface area contributed by atoms with E-state index < -0.39 is 12.1 Å². The number of carbonyl (C=O) groups is 2. The fraction of sp³-hybridized carbons (Fsp3) is 0.948. The highest BCUT2D eigenvalue weighted by atomic mass is 16.5. The number of aliphatic hydroxyl groups excluding tert-OH is 2. The van der Waals surface area contributed by atoms with Crippen molar-refractivity contribution in [2.45, 2.75) is 456 Å². The molecule has 494 valence electrons. The Balaban J connectivity index is 3.32. The minimum absolute atomic E-state index is 0.0126. The number of rotatable bonds is 73. The van der Waals surface area contributed by atoms with Crippen LogP contribution in [0, 0.1) is 0 Å². The fourth-order valence-corrected chi connectivity index (χ4v) is 12.5. The van der Waals surface area contributed by atoms with Gasteiger partial charge in [0, 0.05) is 12.8 Å². The van der Waals surface area contributed by atoms with Crippen molar-refractivity contribution in [3.05, 3.63) is 12.2 Å². The largest absolute Gasteiger partial charge is 0.466 e. The molecule has 0 saturated carbocycles. The Labute approximate surface area is 520 Å². The Morgan fingerprint density at radius 2 is 0.566 bits per heavy atom. The SMILES string of the molecule is CCCCC/C=C\CCCCCCCC(=O)OCCCCCCCCCCCCCCCCCCCCCCCCCCCCCCCCCCCC(=O)NC(CO)C(O)CCCCCCCCCCCCCCCCCCCCCCC. The molecule has 83 heavy (non-hydrogen) atoms. The summed E-state index contributed by atoms with van der Waals surface area (Å²) in [5.74, 6) is -0.0121. The molecule has 2 unspecified atom stereocenters.